The lowest BCUT2D eigenvalue weighted by Crippen LogP contribution is -2.21. The van der Waals surface area contributed by atoms with Crippen LogP contribution in [-0.4, -0.2) is 20.4 Å². The first kappa shape index (κ1) is 27.3. The summed E-state index contributed by atoms with van der Waals surface area (Å²) in [5.74, 6) is 0.0940. The van der Waals surface area contributed by atoms with E-state index >= 15 is 0 Å². The smallest absolute Gasteiger partial charge is 0.205 e. The van der Waals surface area contributed by atoms with Gasteiger partial charge in [0.2, 0.25) is 10.0 Å². The second kappa shape index (κ2) is 16.9. The van der Waals surface area contributed by atoms with Gasteiger partial charge in [0.05, 0.1) is 17.0 Å². The number of nitrogens with one attached hydrogen (secondary N) is 1. The molecule has 1 N–H and O–H groups in total. The van der Waals surface area contributed by atoms with E-state index in [1.54, 1.807) is 18.2 Å². The molecule has 30 heavy (non-hydrogen) atoms. The van der Waals surface area contributed by atoms with Crippen LogP contribution in [0.3, 0.4) is 0 Å². The average Bonchev–Trinajstić information content (AvgIpc) is 2.70. The SMILES string of the molecule is CCCCCCCCCCCCCCCCS(=O)(=O)N/N=C\c1ccc(Cl)cc1Cl. The van der Waals surface area contributed by atoms with Crippen LogP contribution in [0.1, 0.15) is 102 Å². The minimum atomic E-state index is -3.41. The van der Waals surface area contributed by atoms with Crippen molar-refractivity contribution in [2.24, 2.45) is 5.10 Å². The standard InChI is InChI=1S/C23H38Cl2N2O2S/c1-2-3-4-5-6-7-8-9-10-11-12-13-14-15-18-30(28,29)27-26-20-21-16-17-22(24)19-23(21)25/h16-17,19-20,27H,2-15,18H2,1H3/b26-20-. The first-order valence-corrected chi connectivity index (χ1v) is 13.8. The third-order valence-corrected chi connectivity index (χ3v) is 6.90. The summed E-state index contributed by atoms with van der Waals surface area (Å²) >= 11 is 11.9. The Morgan fingerprint density at radius 1 is 0.833 bits per heavy atom. The number of unbranched alkanes of at least 4 members (excludes halogenated alkanes) is 13. The van der Waals surface area contributed by atoms with Crippen LogP contribution in [0.15, 0.2) is 23.3 Å². The molecule has 0 aliphatic heterocycles. The highest BCUT2D eigenvalue weighted by atomic mass is 35.5. The van der Waals surface area contributed by atoms with Crippen molar-refractivity contribution in [3.63, 3.8) is 0 Å². The van der Waals surface area contributed by atoms with Crippen LogP contribution < -0.4 is 4.83 Å². The van der Waals surface area contributed by atoms with Gasteiger partial charge in [-0.3, -0.25) is 0 Å². The van der Waals surface area contributed by atoms with Crippen LogP contribution in [0.25, 0.3) is 0 Å². The number of hydrazone groups is 1. The summed E-state index contributed by atoms with van der Waals surface area (Å²) in [6, 6.07) is 4.96. The van der Waals surface area contributed by atoms with Gasteiger partial charge < -0.3 is 0 Å². The molecule has 1 rings (SSSR count). The first-order chi connectivity index (χ1) is 14.4. The lowest BCUT2D eigenvalue weighted by atomic mass is 10.0. The van der Waals surface area contributed by atoms with E-state index in [0.717, 1.165) is 12.8 Å². The lowest BCUT2D eigenvalue weighted by Gasteiger charge is -2.05. The summed E-state index contributed by atoms with van der Waals surface area (Å²) in [6.45, 7) is 2.26. The molecule has 1 aromatic rings. The zero-order chi connectivity index (χ0) is 22.1. The second-order valence-electron chi connectivity index (χ2n) is 7.93. The molecular weight excluding hydrogens is 439 g/mol. The zero-order valence-electron chi connectivity index (χ0n) is 18.3. The maximum Gasteiger partial charge on any atom is 0.247 e. The summed E-state index contributed by atoms with van der Waals surface area (Å²) in [6.07, 6.45) is 18.8. The van der Waals surface area contributed by atoms with Gasteiger partial charge in [0.15, 0.2) is 0 Å². The Bertz CT molecular complexity index is 709. The fraction of sp³-hybridized carbons (Fsp3) is 0.696. The van der Waals surface area contributed by atoms with E-state index in [1.165, 1.54) is 76.8 Å². The topological polar surface area (TPSA) is 58.5 Å². The van der Waals surface area contributed by atoms with Crippen molar-refractivity contribution in [3.8, 4) is 0 Å². The van der Waals surface area contributed by atoms with E-state index in [4.69, 9.17) is 23.2 Å². The monoisotopic (exact) mass is 476 g/mol. The van der Waals surface area contributed by atoms with Gasteiger partial charge in [0, 0.05) is 10.6 Å². The fourth-order valence-corrected chi connectivity index (χ4v) is 4.66. The Balaban J connectivity index is 2.00. The predicted molar refractivity (Wildman–Crippen MR) is 131 cm³/mol. The Morgan fingerprint density at radius 3 is 1.83 bits per heavy atom. The molecule has 0 unspecified atom stereocenters. The maximum absolute atomic E-state index is 12.0. The molecule has 0 aromatic heterocycles. The largest absolute Gasteiger partial charge is 0.247 e. The minimum Gasteiger partial charge on any atom is -0.205 e. The van der Waals surface area contributed by atoms with Gasteiger partial charge in [-0.25, -0.2) is 13.2 Å². The molecule has 7 heteroatoms. The number of halogens is 2. The lowest BCUT2D eigenvalue weighted by molar-refractivity contribution is 0.536. The molecule has 0 bridgehead atoms. The Kier molecular flexibility index (Phi) is 15.3. The third-order valence-electron chi connectivity index (χ3n) is 5.12. The van der Waals surface area contributed by atoms with Crippen molar-refractivity contribution in [1.82, 2.24) is 4.83 Å². The van der Waals surface area contributed by atoms with Crippen LogP contribution in [0, 0.1) is 0 Å². The number of hydrogen-bond acceptors (Lipinski definition) is 3. The molecule has 0 fully saturated rings. The zero-order valence-corrected chi connectivity index (χ0v) is 20.7. The normalized spacial score (nSPS) is 12.0. The Morgan fingerprint density at radius 2 is 1.33 bits per heavy atom. The van der Waals surface area contributed by atoms with Gasteiger partial charge in [0.25, 0.3) is 0 Å². The fourth-order valence-electron chi connectivity index (χ4n) is 3.31. The van der Waals surface area contributed by atoms with E-state index in [2.05, 4.69) is 16.9 Å². The average molecular weight is 478 g/mol. The molecule has 0 radical (unpaired) electrons. The van der Waals surface area contributed by atoms with Crippen molar-refractivity contribution in [3.05, 3.63) is 33.8 Å². The van der Waals surface area contributed by atoms with Gasteiger partial charge in [-0.2, -0.15) is 5.10 Å². The molecule has 1 aromatic carbocycles. The summed E-state index contributed by atoms with van der Waals surface area (Å²) in [5.41, 5.74) is 0.611. The molecule has 4 nitrogen and oxygen atoms in total. The summed E-state index contributed by atoms with van der Waals surface area (Å²) in [4.78, 5) is 2.25. The summed E-state index contributed by atoms with van der Waals surface area (Å²) in [7, 11) is -3.41. The number of nitrogens with zero attached hydrogens (tertiary/aromatic N) is 1. The van der Waals surface area contributed by atoms with Crippen molar-refractivity contribution >= 4 is 39.4 Å². The van der Waals surface area contributed by atoms with Crippen molar-refractivity contribution in [2.75, 3.05) is 5.75 Å². The van der Waals surface area contributed by atoms with Gasteiger partial charge in [-0.1, -0.05) is 120 Å². The van der Waals surface area contributed by atoms with Gasteiger partial charge >= 0.3 is 0 Å². The minimum absolute atomic E-state index is 0.0940. The quantitative estimate of drug-likeness (QED) is 0.134. The van der Waals surface area contributed by atoms with Gasteiger partial charge in [-0.15, -0.1) is 0 Å². The molecule has 172 valence electrons. The molecule has 0 heterocycles. The van der Waals surface area contributed by atoms with Crippen molar-refractivity contribution in [1.29, 1.82) is 0 Å². The van der Waals surface area contributed by atoms with Crippen LogP contribution >= 0.6 is 23.2 Å². The number of rotatable bonds is 18. The molecule has 0 saturated heterocycles. The van der Waals surface area contributed by atoms with E-state index in [0.29, 0.717) is 22.0 Å². The summed E-state index contributed by atoms with van der Waals surface area (Å²) in [5, 5.41) is 4.75. The van der Waals surface area contributed by atoms with Crippen LogP contribution in [0.5, 0.6) is 0 Å². The summed E-state index contributed by atoms with van der Waals surface area (Å²) < 4.78 is 24.0. The number of benzene rings is 1. The van der Waals surface area contributed by atoms with Crippen LogP contribution in [0.2, 0.25) is 10.0 Å². The molecule has 0 atom stereocenters. The molecule has 0 aliphatic rings. The van der Waals surface area contributed by atoms with Crippen molar-refractivity contribution in [2.45, 2.75) is 96.8 Å². The first-order valence-electron chi connectivity index (χ1n) is 11.4. The van der Waals surface area contributed by atoms with E-state index < -0.39 is 10.0 Å². The highest BCUT2D eigenvalue weighted by Crippen LogP contribution is 2.19. The molecular formula is C23H38Cl2N2O2S. The number of hydrogen-bond donors (Lipinski definition) is 1. The second-order valence-corrected chi connectivity index (χ2v) is 10.6. The predicted octanol–water partition coefficient (Wildman–Crippen LogP) is 7.73. The number of sulfonamides is 1. The molecule has 0 amide bonds. The third kappa shape index (κ3) is 14.3. The van der Waals surface area contributed by atoms with Crippen molar-refractivity contribution < 1.29 is 8.42 Å². The molecule has 0 saturated carbocycles. The Hall–Kier alpha value is -0.780. The van der Waals surface area contributed by atoms with E-state index in [1.807, 2.05) is 0 Å². The van der Waals surface area contributed by atoms with Gasteiger partial charge in [-0.05, 0) is 18.6 Å². The molecule has 0 spiro atoms. The highest BCUT2D eigenvalue weighted by molar-refractivity contribution is 7.89. The Labute approximate surface area is 193 Å². The van der Waals surface area contributed by atoms with E-state index in [9.17, 15) is 8.42 Å². The van der Waals surface area contributed by atoms with Gasteiger partial charge in [0.1, 0.15) is 0 Å². The van der Waals surface area contributed by atoms with E-state index in [-0.39, 0.29) is 5.75 Å². The molecule has 0 aliphatic carbocycles. The van der Waals surface area contributed by atoms with Crippen LogP contribution in [0.4, 0.5) is 0 Å². The highest BCUT2D eigenvalue weighted by Gasteiger charge is 2.08. The van der Waals surface area contributed by atoms with Crippen LogP contribution in [-0.2, 0) is 10.0 Å². The maximum atomic E-state index is 12.0.